The van der Waals surface area contributed by atoms with E-state index in [4.69, 9.17) is 4.98 Å². The van der Waals surface area contributed by atoms with Gasteiger partial charge in [-0.25, -0.2) is 4.98 Å². The molecule has 0 unspecified atom stereocenters. The van der Waals surface area contributed by atoms with Gasteiger partial charge in [0.1, 0.15) is 0 Å². The van der Waals surface area contributed by atoms with Crippen LogP contribution in [0.2, 0.25) is 0 Å². The van der Waals surface area contributed by atoms with Crippen molar-refractivity contribution >= 4 is 29.0 Å². The maximum atomic E-state index is 12.6. The van der Waals surface area contributed by atoms with E-state index >= 15 is 0 Å². The van der Waals surface area contributed by atoms with E-state index in [0.717, 1.165) is 40.8 Å². The first kappa shape index (κ1) is 18.5. The van der Waals surface area contributed by atoms with Gasteiger partial charge in [0.25, 0.3) is 5.91 Å². The maximum Gasteiger partial charge on any atom is 0.250 e. The molecule has 4 rings (SSSR count). The molecule has 28 heavy (non-hydrogen) atoms. The Morgan fingerprint density at radius 3 is 2.64 bits per heavy atom. The summed E-state index contributed by atoms with van der Waals surface area (Å²) in [5.41, 5.74) is 4.95. The number of para-hydroxylation sites is 2. The molecule has 0 spiro atoms. The van der Waals surface area contributed by atoms with E-state index in [-0.39, 0.29) is 5.91 Å². The third-order valence-corrected chi connectivity index (χ3v) is 5.74. The van der Waals surface area contributed by atoms with Crippen molar-refractivity contribution in [3.8, 4) is 0 Å². The van der Waals surface area contributed by atoms with Crippen molar-refractivity contribution in [3.05, 3.63) is 47.3 Å². The summed E-state index contributed by atoms with van der Waals surface area (Å²) in [5, 5.41) is 7.41. The van der Waals surface area contributed by atoms with Crippen molar-refractivity contribution in [1.29, 1.82) is 0 Å². The standard InChI is InChI=1S/C22H27N5O/c1-15-18(16(2)26(3)25-15)13-14-21(28)24-22-23-19-11-7-8-12-20(19)27(22)17-9-5-4-6-10-17/h7-8,11-14,17H,4-6,9-10H2,1-3H3,(H,23,24,28)/b14-13+. The van der Waals surface area contributed by atoms with Crippen LogP contribution >= 0.6 is 0 Å². The normalized spacial score (nSPS) is 15.5. The highest BCUT2D eigenvalue weighted by Crippen LogP contribution is 2.34. The van der Waals surface area contributed by atoms with Crippen molar-refractivity contribution in [2.24, 2.45) is 7.05 Å². The molecule has 2 heterocycles. The number of hydrogen-bond acceptors (Lipinski definition) is 3. The van der Waals surface area contributed by atoms with Crippen molar-refractivity contribution in [2.45, 2.75) is 52.0 Å². The second-order valence-electron chi connectivity index (χ2n) is 7.62. The number of hydrogen-bond donors (Lipinski definition) is 1. The number of benzene rings is 1. The van der Waals surface area contributed by atoms with Gasteiger partial charge in [-0.2, -0.15) is 5.10 Å². The smallest absolute Gasteiger partial charge is 0.250 e. The van der Waals surface area contributed by atoms with Crippen molar-refractivity contribution in [3.63, 3.8) is 0 Å². The summed E-state index contributed by atoms with van der Waals surface area (Å²) in [5.74, 6) is 0.470. The topological polar surface area (TPSA) is 64.7 Å². The number of amides is 1. The monoisotopic (exact) mass is 377 g/mol. The fraction of sp³-hybridized carbons (Fsp3) is 0.409. The zero-order valence-electron chi connectivity index (χ0n) is 16.8. The second kappa shape index (κ2) is 7.62. The number of aromatic nitrogens is 4. The van der Waals surface area contributed by atoms with E-state index in [0.29, 0.717) is 12.0 Å². The number of imidazole rings is 1. The van der Waals surface area contributed by atoms with Crippen LogP contribution in [-0.4, -0.2) is 25.2 Å². The van der Waals surface area contributed by atoms with Crippen LogP contribution in [0.5, 0.6) is 0 Å². The van der Waals surface area contributed by atoms with Gasteiger partial charge in [0.15, 0.2) is 0 Å². The van der Waals surface area contributed by atoms with Gasteiger partial charge in [-0.1, -0.05) is 31.4 Å². The average Bonchev–Trinajstić information content (AvgIpc) is 3.17. The minimum absolute atomic E-state index is 0.171. The van der Waals surface area contributed by atoms with Crippen molar-refractivity contribution in [1.82, 2.24) is 19.3 Å². The van der Waals surface area contributed by atoms with E-state index in [1.165, 1.54) is 19.3 Å². The minimum Gasteiger partial charge on any atom is -0.307 e. The lowest BCUT2D eigenvalue weighted by Gasteiger charge is -2.25. The molecule has 1 N–H and O–H groups in total. The fourth-order valence-corrected chi connectivity index (χ4v) is 4.18. The van der Waals surface area contributed by atoms with Gasteiger partial charge in [0.05, 0.1) is 16.7 Å². The Labute approximate surface area is 165 Å². The van der Waals surface area contributed by atoms with E-state index in [1.807, 2.05) is 49.9 Å². The molecule has 0 saturated heterocycles. The molecule has 1 saturated carbocycles. The fourth-order valence-electron chi connectivity index (χ4n) is 4.18. The number of carbonyl (C=O) groups excluding carboxylic acids is 1. The molecule has 0 radical (unpaired) electrons. The molecule has 6 nitrogen and oxygen atoms in total. The molecule has 0 bridgehead atoms. The van der Waals surface area contributed by atoms with Crippen LogP contribution < -0.4 is 5.32 Å². The van der Waals surface area contributed by atoms with Crippen LogP contribution in [0.15, 0.2) is 30.3 Å². The lowest BCUT2D eigenvalue weighted by Crippen LogP contribution is -2.18. The minimum atomic E-state index is -0.171. The van der Waals surface area contributed by atoms with Crippen LogP contribution in [0, 0.1) is 13.8 Å². The Bertz CT molecular complexity index is 1040. The lowest BCUT2D eigenvalue weighted by atomic mass is 9.95. The van der Waals surface area contributed by atoms with Gasteiger partial charge in [-0.05, 0) is 44.9 Å². The number of rotatable bonds is 4. The molecule has 2 aromatic heterocycles. The predicted molar refractivity (Wildman–Crippen MR) is 112 cm³/mol. The molecule has 0 aliphatic heterocycles. The molecule has 1 aliphatic carbocycles. The first-order chi connectivity index (χ1) is 13.5. The molecule has 146 valence electrons. The summed E-state index contributed by atoms with van der Waals surface area (Å²) >= 11 is 0. The molecule has 1 fully saturated rings. The van der Waals surface area contributed by atoms with Crippen molar-refractivity contribution in [2.75, 3.05) is 5.32 Å². The summed E-state index contributed by atoms with van der Waals surface area (Å²) in [7, 11) is 1.91. The Hall–Kier alpha value is -2.89. The van der Waals surface area contributed by atoms with Crippen LogP contribution in [-0.2, 0) is 11.8 Å². The number of anilines is 1. The van der Waals surface area contributed by atoms with Gasteiger partial charge in [0.2, 0.25) is 5.95 Å². The quantitative estimate of drug-likeness (QED) is 0.679. The highest BCUT2D eigenvalue weighted by molar-refractivity contribution is 6.02. The van der Waals surface area contributed by atoms with E-state index < -0.39 is 0 Å². The van der Waals surface area contributed by atoms with Gasteiger partial charge in [-0.3, -0.25) is 14.8 Å². The van der Waals surface area contributed by atoms with Crippen LogP contribution in [0.4, 0.5) is 5.95 Å². The van der Waals surface area contributed by atoms with Crippen LogP contribution in [0.1, 0.15) is 55.1 Å². The molecular weight excluding hydrogens is 350 g/mol. The maximum absolute atomic E-state index is 12.6. The van der Waals surface area contributed by atoms with Gasteiger partial charge in [0, 0.05) is 30.4 Å². The largest absolute Gasteiger partial charge is 0.307 e. The summed E-state index contributed by atoms with van der Waals surface area (Å²) < 4.78 is 4.05. The van der Waals surface area contributed by atoms with E-state index in [1.54, 1.807) is 6.08 Å². The van der Waals surface area contributed by atoms with Gasteiger partial charge in [-0.15, -0.1) is 0 Å². The second-order valence-corrected chi connectivity index (χ2v) is 7.62. The van der Waals surface area contributed by atoms with E-state index in [9.17, 15) is 4.79 Å². The van der Waals surface area contributed by atoms with Crippen LogP contribution in [0.3, 0.4) is 0 Å². The zero-order valence-corrected chi connectivity index (χ0v) is 16.8. The molecule has 1 aromatic carbocycles. The Balaban J connectivity index is 1.62. The molecule has 1 amide bonds. The first-order valence-electron chi connectivity index (χ1n) is 10.0. The average molecular weight is 377 g/mol. The number of fused-ring (bicyclic) bond motifs is 1. The summed E-state index contributed by atoms with van der Waals surface area (Å²) in [6.07, 6.45) is 9.41. The summed E-state index contributed by atoms with van der Waals surface area (Å²) in [6, 6.07) is 8.50. The number of aryl methyl sites for hydroxylation is 2. The third kappa shape index (κ3) is 3.46. The highest BCUT2D eigenvalue weighted by Gasteiger charge is 2.22. The molecule has 0 atom stereocenters. The Kier molecular flexibility index (Phi) is 5.03. The molecule has 3 aromatic rings. The van der Waals surface area contributed by atoms with E-state index in [2.05, 4.69) is 21.0 Å². The number of carbonyl (C=O) groups is 1. The van der Waals surface area contributed by atoms with Gasteiger partial charge < -0.3 is 4.57 Å². The van der Waals surface area contributed by atoms with Crippen LogP contribution in [0.25, 0.3) is 17.1 Å². The van der Waals surface area contributed by atoms with Crippen molar-refractivity contribution < 1.29 is 4.79 Å². The number of nitrogens with zero attached hydrogens (tertiary/aromatic N) is 4. The molecule has 6 heteroatoms. The SMILES string of the molecule is Cc1nn(C)c(C)c1/C=C/C(=O)Nc1nc2ccccc2n1C1CCCCC1. The number of nitrogens with one attached hydrogen (secondary N) is 1. The molecular formula is C22H27N5O. The Morgan fingerprint density at radius 1 is 1.18 bits per heavy atom. The highest BCUT2D eigenvalue weighted by atomic mass is 16.1. The summed E-state index contributed by atoms with van der Waals surface area (Å²) in [6.45, 7) is 3.95. The molecule has 1 aliphatic rings. The lowest BCUT2D eigenvalue weighted by molar-refractivity contribution is -0.111. The first-order valence-corrected chi connectivity index (χ1v) is 10.0. The zero-order chi connectivity index (χ0) is 19.7. The Morgan fingerprint density at radius 2 is 1.93 bits per heavy atom. The predicted octanol–water partition coefficient (Wildman–Crippen LogP) is 4.54. The summed E-state index contributed by atoms with van der Waals surface area (Å²) in [4.78, 5) is 17.4. The van der Waals surface area contributed by atoms with Gasteiger partial charge >= 0.3 is 0 Å². The third-order valence-electron chi connectivity index (χ3n) is 5.74.